The van der Waals surface area contributed by atoms with Crippen LogP contribution < -0.4 is 5.32 Å². The zero-order valence-corrected chi connectivity index (χ0v) is 12.2. The van der Waals surface area contributed by atoms with Crippen LogP contribution in [0.1, 0.15) is 13.3 Å². The van der Waals surface area contributed by atoms with Crippen LogP contribution in [0.25, 0.3) is 10.9 Å². The third-order valence-electron chi connectivity index (χ3n) is 3.74. The number of anilines is 1. The average molecular weight is 303 g/mol. The molecule has 3 rings (SSSR count). The first-order chi connectivity index (χ1) is 10.6. The molecule has 116 valence electrons. The number of nitrogens with zero attached hydrogens (tertiary/aromatic N) is 2. The number of pyridine rings is 1. The van der Waals surface area contributed by atoms with E-state index in [2.05, 4.69) is 10.3 Å². The third-order valence-corrected chi connectivity index (χ3v) is 3.74. The largest absolute Gasteiger partial charge is 0.383 e. The molecule has 1 aromatic heterocycles. The predicted octanol–water partition coefficient (Wildman–Crippen LogP) is 2.71. The maximum absolute atomic E-state index is 11.1. The minimum Gasteiger partial charge on any atom is -0.383 e. The number of aromatic nitrogens is 1. The Morgan fingerprint density at radius 1 is 1.36 bits per heavy atom. The topological polar surface area (TPSA) is 86.5 Å². The van der Waals surface area contributed by atoms with Gasteiger partial charge in [-0.2, -0.15) is 0 Å². The molecule has 0 amide bonds. The first-order valence-corrected chi connectivity index (χ1v) is 7.13. The molecule has 1 aliphatic heterocycles. The molecule has 0 atom stereocenters. The Hall–Kier alpha value is -2.25. The van der Waals surface area contributed by atoms with Gasteiger partial charge in [0, 0.05) is 25.2 Å². The van der Waals surface area contributed by atoms with Crippen molar-refractivity contribution in [1.82, 2.24) is 4.98 Å². The second kappa shape index (κ2) is 5.86. The van der Waals surface area contributed by atoms with E-state index in [1.165, 1.54) is 6.07 Å². The van der Waals surface area contributed by atoms with Crippen molar-refractivity contribution in [3.63, 3.8) is 0 Å². The van der Waals surface area contributed by atoms with Gasteiger partial charge in [0.1, 0.15) is 5.52 Å². The van der Waals surface area contributed by atoms with Crippen molar-refractivity contribution < 1.29 is 14.4 Å². The Kier molecular flexibility index (Phi) is 3.91. The predicted molar refractivity (Wildman–Crippen MR) is 81.8 cm³/mol. The number of hydrogen-bond donors (Lipinski definition) is 1. The summed E-state index contributed by atoms with van der Waals surface area (Å²) in [4.78, 5) is 14.9. The number of nitrogens with one attached hydrogen (secondary N) is 1. The van der Waals surface area contributed by atoms with Crippen LogP contribution in [0.3, 0.4) is 0 Å². The van der Waals surface area contributed by atoms with Crippen LogP contribution in [0.2, 0.25) is 0 Å². The number of nitro groups is 1. The molecular formula is C15H17N3O4. The van der Waals surface area contributed by atoms with Crippen molar-refractivity contribution >= 4 is 22.3 Å². The van der Waals surface area contributed by atoms with Gasteiger partial charge in [-0.25, -0.2) is 0 Å². The lowest BCUT2D eigenvalue weighted by Gasteiger charge is -2.22. The van der Waals surface area contributed by atoms with Gasteiger partial charge in [-0.3, -0.25) is 15.1 Å². The second-order valence-corrected chi connectivity index (χ2v) is 5.30. The van der Waals surface area contributed by atoms with Gasteiger partial charge in [0.25, 0.3) is 5.69 Å². The number of benzene rings is 1. The van der Waals surface area contributed by atoms with Gasteiger partial charge in [0.05, 0.1) is 29.2 Å². The fourth-order valence-corrected chi connectivity index (χ4v) is 2.58. The van der Waals surface area contributed by atoms with Crippen LogP contribution in [0, 0.1) is 10.1 Å². The maximum atomic E-state index is 11.1. The van der Waals surface area contributed by atoms with Crippen molar-refractivity contribution in [2.45, 2.75) is 19.1 Å². The lowest BCUT2D eigenvalue weighted by atomic mass is 10.1. The van der Waals surface area contributed by atoms with E-state index in [0.717, 1.165) is 5.69 Å². The van der Waals surface area contributed by atoms with Gasteiger partial charge in [0.2, 0.25) is 0 Å². The molecule has 0 unspecified atom stereocenters. The summed E-state index contributed by atoms with van der Waals surface area (Å²) in [5.74, 6) is -0.559. The number of ether oxygens (including phenoxy) is 2. The molecule has 2 heterocycles. The summed E-state index contributed by atoms with van der Waals surface area (Å²) < 4.78 is 11.1. The van der Waals surface area contributed by atoms with E-state index in [9.17, 15) is 10.1 Å². The molecule has 1 N–H and O–H groups in total. The van der Waals surface area contributed by atoms with Crippen LogP contribution in [-0.2, 0) is 9.47 Å². The summed E-state index contributed by atoms with van der Waals surface area (Å²) in [6.45, 7) is 3.75. The molecule has 1 aliphatic rings. The van der Waals surface area contributed by atoms with E-state index in [1.807, 2.05) is 6.92 Å². The highest BCUT2D eigenvalue weighted by atomic mass is 16.7. The summed E-state index contributed by atoms with van der Waals surface area (Å²) in [7, 11) is 0. The fraction of sp³-hybridized carbons (Fsp3) is 0.400. The summed E-state index contributed by atoms with van der Waals surface area (Å²) >= 11 is 0. The van der Waals surface area contributed by atoms with Gasteiger partial charge < -0.3 is 14.8 Å². The highest BCUT2D eigenvalue weighted by Gasteiger charge is 2.30. The number of fused-ring (bicyclic) bond motifs is 1. The van der Waals surface area contributed by atoms with Crippen molar-refractivity contribution in [2.24, 2.45) is 0 Å². The smallest absolute Gasteiger partial charge is 0.278 e. The van der Waals surface area contributed by atoms with Crippen molar-refractivity contribution in [3.8, 4) is 0 Å². The number of nitro benzene ring substituents is 1. The summed E-state index contributed by atoms with van der Waals surface area (Å²) in [5.41, 5.74) is 1.42. The fourth-order valence-electron chi connectivity index (χ4n) is 2.58. The standard InChI is InChI=1S/C15H17N3O4/c1-15(21-9-10-22-15)6-8-16-12-4-5-13(18(19)20)11-3-2-7-17-14(11)12/h2-5,7,16H,6,8-10H2,1H3. The van der Waals surface area contributed by atoms with E-state index in [0.29, 0.717) is 37.1 Å². The van der Waals surface area contributed by atoms with Gasteiger partial charge in [-0.05, 0) is 25.1 Å². The summed E-state index contributed by atoms with van der Waals surface area (Å²) in [5, 5.41) is 14.9. The molecule has 7 nitrogen and oxygen atoms in total. The quantitative estimate of drug-likeness (QED) is 0.675. The molecule has 0 radical (unpaired) electrons. The Labute approximate surface area is 127 Å². The van der Waals surface area contributed by atoms with E-state index in [-0.39, 0.29) is 5.69 Å². The normalized spacial score (nSPS) is 16.8. The van der Waals surface area contributed by atoms with Crippen molar-refractivity contribution in [3.05, 3.63) is 40.6 Å². The van der Waals surface area contributed by atoms with Gasteiger partial charge in [-0.1, -0.05) is 0 Å². The van der Waals surface area contributed by atoms with Gasteiger partial charge in [-0.15, -0.1) is 0 Å². The maximum Gasteiger partial charge on any atom is 0.278 e. The summed E-state index contributed by atoms with van der Waals surface area (Å²) in [6, 6.07) is 6.58. The average Bonchev–Trinajstić information content (AvgIpc) is 2.94. The van der Waals surface area contributed by atoms with E-state index in [4.69, 9.17) is 9.47 Å². The molecular weight excluding hydrogens is 286 g/mol. The first kappa shape index (κ1) is 14.7. The van der Waals surface area contributed by atoms with Crippen LogP contribution in [0.4, 0.5) is 11.4 Å². The SMILES string of the molecule is CC1(CCNc2ccc([N+](=O)[O-])c3cccnc23)OCCO1. The molecule has 1 aromatic carbocycles. The monoisotopic (exact) mass is 303 g/mol. The minimum atomic E-state index is -0.559. The molecule has 7 heteroatoms. The zero-order valence-electron chi connectivity index (χ0n) is 12.2. The number of hydrogen-bond acceptors (Lipinski definition) is 6. The Balaban J connectivity index is 1.79. The molecule has 0 saturated carbocycles. The Bertz CT molecular complexity index is 698. The van der Waals surface area contributed by atoms with E-state index >= 15 is 0 Å². The highest BCUT2D eigenvalue weighted by molar-refractivity contribution is 5.96. The molecule has 22 heavy (non-hydrogen) atoms. The molecule has 2 aromatic rings. The van der Waals surface area contributed by atoms with Crippen LogP contribution in [0.5, 0.6) is 0 Å². The Morgan fingerprint density at radius 3 is 2.86 bits per heavy atom. The zero-order chi connectivity index (χ0) is 15.6. The van der Waals surface area contributed by atoms with E-state index < -0.39 is 10.7 Å². The van der Waals surface area contributed by atoms with E-state index in [1.54, 1.807) is 24.4 Å². The number of non-ortho nitro benzene ring substituents is 1. The van der Waals surface area contributed by atoms with Crippen LogP contribution in [0.15, 0.2) is 30.5 Å². The molecule has 0 spiro atoms. The second-order valence-electron chi connectivity index (χ2n) is 5.30. The summed E-state index contributed by atoms with van der Waals surface area (Å²) in [6.07, 6.45) is 2.31. The van der Waals surface area contributed by atoms with Crippen molar-refractivity contribution in [1.29, 1.82) is 0 Å². The number of rotatable bonds is 5. The lowest BCUT2D eigenvalue weighted by Crippen LogP contribution is -2.28. The highest BCUT2D eigenvalue weighted by Crippen LogP contribution is 2.30. The molecule has 1 fully saturated rings. The van der Waals surface area contributed by atoms with Crippen molar-refractivity contribution in [2.75, 3.05) is 25.1 Å². The first-order valence-electron chi connectivity index (χ1n) is 7.13. The molecule has 1 saturated heterocycles. The molecule has 0 bridgehead atoms. The van der Waals surface area contributed by atoms with Gasteiger partial charge in [0.15, 0.2) is 5.79 Å². The molecule has 0 aliphatic carbocycles. The third kappa shape index (κ3) is 2.86. The van der Waals surface area contributed by atoms with Crippen LogP contribution >= 0.6 is 0 Å². The lowest BCUT2D eigenvalue weighted by molar-refractivity contribution is -0.383. The minimum absolute atomic E-state index is 0.0584. The van der Waals surface area contributed by atoms with Crippen LogP contribution in [-0.4, -0.2) is 35.5 Å². The Morgan fingerprint density at radius 2 is 2.14 bits per heavy atom. The van der Waals surface area contributed by atoms with Gasteiger partial charge >= 0.3 is 0 Å².